The summed E-state index contributed by atoms with van der Waals surface area (Å²) in [5.41, 5.74) is 2.93. The number of rotatable bonds is 5. The first-order valence-corrected chi connectivity index (χ1v) is 8.29. The smallest absolute Gasteiger partial charge is 0.255 e. The molecule has 3 nitrogen and oxygen atoms in total. The van der Waals surface area contributed by atoms with E-state index in [0.717, 1.165) is 55.2 Å². The van der Waals surface area contributed by atoms with E-state index in [1.807, 2.05) is 24.0 Å². The Kier molecular flexibility index (Phi) is 5.66. The molecule has 1 aromatic carbocycles. The minimum atomic E-state index is 0.185. The van der Waals surface area contributed by atoms with Crippen molar-refractivity contribution in [1.29, 1.82) is 0 Å². The molecule has 116 valence electrons. The molecule has 1 amide bonds. The lowest BCUT2D eigenvalue weighted by Crippen LogP contribution is -2.38. The van der Waals surface area contributed by atoms with Gasteiger partial charge < -0.3 is 10.2 Å². The standard InChI is InChI=1S/C18H28N2O/c1-4-6-15-9-11-20(12-10-15)18(21)16-13-14(3)7-8-17(16)19-5-2/h7-8,13,15,19H,4-6,9-12H2,1-3H3. The number of amides is 1. The van der Waals surface area contributed by atoms with Crippen LogP contribution in [0.1, 0.15) is 55.5 Å². The highest BCUT2D eigenvalue weighted by Crippen LogP contribution is 2.25. The van der Waals surface area contributed by atoms with Crippen LogP contribution in [-0.2, 0) is 0 Å². The first-order valence-electron chi connectivity index (χ1n) is 8.29. The van der Waals surface area contributed by atoms with Gasteiger partial charge in [0, 0.05) is 25.3 Å². The van der Waals surface area contributed by atoms with Crippen molar-refractivity contribution in [1.82, 2.24) is 4.90 Å². The normalized spacial score (nSPS) is 16.0. The van der Waals surface area contributed by atoms with Crippen LogP contribution in [0, 0.1) is 12.8 Å². The van der Waals surface area contributed by atoms with Crippen molar-refractivity contribution in [2.24, 2.45) is 5.92 Å². The van der Waals surface area contributed by atoms with Gasteiger partial charge in [-0.05, 0) is 44.7 Å². The Balaban J connectivity index is 2.08. The fraction of sp³-hybridized carbons (Fsp3) is 0.611. The van der Waals surface area contributed by atoms with Gasteiger partial charge in [-0.3, -0.25) is 4.79 Å². The van der Waals surface area contributed by atoms with Crippen molar-refractivity contribution in [3.8, 4) is 0 Å². The highest BCUT2D eigenvalue weighted by molar-refractivity contribution is 5.99. The number of benzene rings is 1. The van der Waals surface area contributed by atoms with E-state index in [2.05, 4.69) is 25.2 Å². The number of likely N-dealkylation sites (tertiary alicyclic amines) is 1. The predicted molar refractivity (Wildman–Crippen MR) is 88.9 cm³/mol. The van der Waals surface area contributed by atoms with E-state index in [0.29, 0.717) is 0 Å². The number of hydrogen-bond acceptors (Lipinski definition) is 2. The van der Waals surface area contributed by atoms with Gasteiger partial charge in [0.2, 0.25) is 0 Å². The molecule has 1 N–H and O–H groups in total. The molecule has 2 rings (SSSR count). The zero-order valence-corrected chi connectivity index (χ0v) is 13.6. The molecule has 21 heavy (non-hydrogen) atoms. The molecule has 0 unspecified atom stereocenters. The van der Waals surface area contributed by atoms with Gasteiger partial charge in [-0.2, -0.15) is 0 Å². The van der Waals surface area contributed by atoms with E-state index < -0.39 is 0 Å². The molecule has 1 aliphatic rings. The van der Waals surface area contributed by atoms with Gasteiger partial charge in [-0.25, -0.2) is 0 Å². The van der Waals surface area contributed by atoms with Gasteiger partial charge in [0.15, 0.2) is 0 Å². The Labute approximate surface area is 128 Å². The van der Waals surface area contributed by atoms with Crippen LogP contribution in [0.5, 0.6) is 0 Å². The maximum Gasteiger partial charge on any atom is 0.255 e. The fourth-order valence-corrected chi connectivity index (χ4v) is 3.18. The van der Waals surface area contributed by atoms with Crippen molar-refractivity contribution in [2.45, 2.75) is 46.5 Å². The first-order chi connectivity index (χ1) is 10.2. The second-order valence-corrected chi connectivity index (χ2v) is 6.10. The SMILES string of the molecule is CCCC1CCN(C(=O)c2cc(C)ccc2NCC)CC1. The number of anilines is 1. The Hall–Kier alpha value is -1.51. The Morgan fingerprint density at radius 1 is 1.29 bits per heavy atom. The third kappa shape index (κ3) is 3.99. The van der Waals surface area contributed by atoms with Crippen LogP contribution in [0.2, 0.25) is 0 Å². The quantitative estimate of drug-likeness (QED) is 0.885. The maximum absolute atomic E-state index is 12.8. The highest BCUT2D eigenvalue weighted by atomic mass is 16.2. The second-order valence-electron chi connectivity index (χ2n) is 6.10. The van der Waals surface area contributed by atoms with Crippen molar-refractivity contribution in [2.75, 3.05) is 25.0 Å². The molecular weight excluding hydrogens is 260 g/mol. The minimum absolute atomic E-state index is 0.185. The van der Waals surface area contributed by atoms with E-state index in [1.54, 1.807) is 0 Å². The summed E-state index contributed by atoms with van der Waals surface area (Å²) < 4.78 is 0. The molecule has 0 aliphatic carbocycles. The number of carbonyl (C=O) groups excluding carboxylic acids is 1. The molecule has 0 radical (unpaired) electrons. The summed E-state index contributed by atoms with van der Waals surface area (Å²) in [7, 11) is 0. The van der Waals surface area contributed by atoms with Crippen LogP contribution in [-0.4, -0.2) is 30.4 Å². The van der Waals surface area contributed by atoms with Gasteiger partial charge in [0.05, 0.1) is 5.56 Å². The number of carbonyl (C=O) groups is 1. The molecule has 1 heterocycles. The van der Waals surface area contributed by atoms with Crippen LogP contribution in [0.25, 0.3) is 0 Å². The van der Waals surface area contributed by atoms with Crippen LogP contribution in [0.4, 0.5) is 5.69 Å². The Morgan fingerprint density at radius 3 is 2.62 bits per heavy atom. The summed E-state index contributed by atoms with van der Waals surface area (Å²) in [4.78, 5) is 14.8. The first kappa shape index (κ1) is 15.9. The molecule has 0 bridgehead atoms. The van der Waals surface area contributed by atoms with Gasteiger partial charge in [-0.15, -0.1) is 0 Å². The number of hydrogen-bond donors (Lipinski definition) is 1. The van der Waals surface area contributed by atoms with Gasteiger partial charge >= 0.3 is 0 Å². The van der Waals surface area contributed by atoms with E-state index in [-0.39, 0.29) is 5.91 Å². The predicted octanol–water partition coefficient (Wildman–Crippen LogP) is 4.08. The zero-order valence-electron chi connectivity index (χ0n) is 13.6. The maximum atomic E-state index is 12.8. The topological polar surface area (TPSA) is 32.3 Å². The number of nitrogens with zero attached hydrogens (tertiary/aromatic N) is 1. The van der Waals surface area contributed by atoms with Crippen LogP contribution in [0.15, 0.2) is 18.2 Å². The summed E-state index contributed by atoms with van der Waals surface area (Å²) in [6.07, 6.45) is 4.86. The summed E-state index contributed by atoms with van der Waals surface area (Å²) in [6, 6.07) is 6.09. The zero-order chi connectivity index (χ0) is 15.2. The largest absolute Gasteiger partial charge is 0.385 e. The number of aryl methyl sites for hydroxylation is 1. The summed E-state index contributed by atoms with van der Waals surface area (Å²) >= 11 is 0. The molecular formula is C18H28N2O. The number of nitrogens with one attached hydrogen (secondary N) is 1. The average Bonchev–Trinajstić information content (AvgIpc) is 2.50. The minimum Gasteiger partial charge on any atom is -0.385 e. The van der Waals surface area contributed by atoms with E-state index in [9.17, 15) is 4.79 Å². The third-order valence-corrected chi connectivity index (χ3v) is 4.37. The van der Waals surface area contributed by atoms with Crippen molar-refractivity contribution >= 4 is 11.6 Å². The van der Waals surface area contributed by atoms with Gasteiger partial charge in [-0.1, -0.05) is 31.4 Å². The van der Waals surface area contributed by atoms with Crippen molar-refractivity contribution in [3.63, 3.8) is 0 Å². The van der Waals surface area contributed by atoms with Crippen LogP contribution >= 0.6 is 0 Å². The molecule has 0 atom stereocenters. The third-order valence-electron chi connectivity index (χ3n) is 4.37. The van der Waals surface area contributed by atoms with Crippen LogP contribution in [0.3, 0.4) is 0 Å². The van der Waals surface area contributed by atoms with E-state index in [1.165, 1.54) is 12.8 Å². The summed E-state index contributed by atoms with van der Waals surface area (Å²) in [5.74, 6) is 0.995. The lowest BCUT2D eigenvalue weighted by atomic mass is 9.92. The number of piperidine rings is 1. The summed E-state index contributed by atoms with van der Waals surface area (Å²) in [6.45, 7) is 8.99. The summed E-state index contributed by atoms with van der Waals surface area (Å²) in [5, 5.41) is 3.30. The second kappa shape index (κ2) is 7.48. The molecule has 0 spiro atoms. The molecule has 0 saturated carbocycles. The highest BCUT2D eigenvalue weighted by Gasteiger charge is 2.24. The lowest BCUT2D eigenvalue weighted by Gasteiger charge is -2.32. The molecule has 1 aliphatic heterocycles. The Bertz CT molecular complexity index is 476. The monoisotopic (exact) mass is 288 g/mol. The molecule has 1 aromatic rings. The van der Waals surface area contributed by atoms with Crippen molar-refractivity contribution < 1.29 is 4.79 Å². The van der Waals surface area contributed by atoms with Gasteiger partial charge in [0.25, 0.3) is 5.91 Å². The molecule has 1 fully saturated rings. The van der Waals surface area contributed by atoms with Crippen LogP contribution < -0.4 is 5.32 Å². The lowest BCUT2D eigenvalue weighted by molar-refractivity contribution is 0.0687. The molecule has 3 heteroatoms. The molecule has 1 saturated heterocycles. The van der Waals surface area contributed by atoms with Gasteiger partial charge in [0.1, 0.15) is 0 Å². The molecule has 0 aromatic heterocycles. The van der Waals surface area contributed by atoms with Crippen molar-refractivity contribution in [3.05, 3.63) is 29.3 Å². The van der Waals surface area contributed by atoms with E-state index >= 15 is 0 Å². The average molecular weight is 288 g/mol. The fourth-order valence-electron chi connectivity index (χ4n) is 3.18. The Morgan fingerprint density at radius 2 is 2.00 bits per heavy atom. The van der Waals surface area contributed by atoms with E-state index in [4.69, 9.17) is 0 Å².